The molecule has 210 valence electrons. The van der Waals surface area contributed by atoms with Gasteiger partial charge in [0.1, 0.15) is 18.2 Å². The van der Waals surface area contributed by atoms with Crippen molar-refractivity contribution in [3.05, 3.63) is 47.8 Å². The third-order valence-electron chi connectivity index (χ3n) is 6.11. The van der Waals surface area contributed by atoms with Crippen LogP contribution in [0.15, 0.2) is 41.3 Å². The van der Waals surface area contributed by atoms with Crippen LogP contribution in [0.2, 0.25) is 0 Å². The Morgan fingerprint density at radius 3 is 2.34 bits per heavy atom. The number of hydrogen-bond donors (Lipinski definition) is 1. The third-order valence-corrected chi connectivity index (χ3v) is 7.66. The van der Waals surface area contributed by atoms with Gasteiger partial charge >= 0.3 is 12.1 Å². The standard InChI is InChI=1S/C25H26F7NO4S/c1-23(2,22(34)35)13-37-19-11-20-18(10-17(19)25(30,31)32)33(16-6-4-5-15(26)9-16)12-14(21(27)38(20)36)7-8-24(3,28)29/h4-6,9-11,14,21H,7-8,12-13H2,1-3H3,(H,34,35). The second kappa shape index (κ2) is 10.7. The van der Waals surface area contributed by atoms with E-state index in [1.54, 1.807) is 0 Å². The zero-order chi connectivity index (χ0) is 28.6. The lowest BCUT2D eigenvalue weighted by atomic mass is 9.95. The van der Waals surface area contributed by atoms with Gasteiger partial charge in [0, 0.05) is 24.6 Å². The molecule has 0 amide bonds. The van der Waals surface area contributed by atoms with Crippen LogP contribution < -0.4 is 9.64 Å². The van der Waals surface area contributed by atoms with Gasteiger partial charge in [0.25, 0.3) is 0 Å². The molecule has 2 aromatic rings. The summed E-state index contributed by atoms with van der Waals surface area (Å²) in [6.45, 7) is 1.93. The van der Waals surface area contributed by atoms with Crippen LogP contribution >= 0.6 is 0 Å². The average molecular weight is 570 g/mol. The zero-order valence-corrected chi connectivity index (χ0v) is 21.4. The summed E-state index contributed by atoms with van der Waals surface area (Å²) in [7, 11) is -2.62. The minimum absolute atomic E-state index is 0.000544. The van der Waals surface area contributed by atoms with Gasteiger partial charge in [0.2, 0.25) is 5.92 Å². The van der Waals surface area contributed by atoms with Crippen LogP contribution in [-0.2, 0) is 21.8 Å². The van der Waals surface area contributed by atoms with E-state index in [0.29, 0.717) is 13.0 Å². The van der Waals surface area contributed by atoms with E-state index in [4.69, 9.17) is 4.74 Å². The number of aliphatic carboxylic acids is 1. The summed E-state index contributed by atoms with van der Waals surface area (Å²) >= 11 is 0. The second-order valence-electron chi connectivity index (χ2n) is 9.90. The Kier molecular flexibility index (Phi) is 8.40. The number of benzene rings is 2. The Labute approximate surface area is 217 Å². The fourth-order valence-electron chi connectivity index (χ4n) is 3.84. The van der Waals surface area contributed by atoms with Crippen molar-refractivity contribution in [2.75, 3.05) is 18.1 Å². The molecular formula is C25H26F7NO4S. The maximum absolute atomic E-state index is 15.5. The van der Waals surface area contributed by atoms with Crippen molar-refractivity contribution in [2.45, 2.75) is 56.1 Å². The Balaban J connectivity index is 2.20. The van der Waals surface area contributed by atoms with Crippen LogP contribution in [0, 0.1) is 17.2 Å². The van der Waals surface area contributed by atoms with Crippen LogP contribution in [0.3, 0.4) is 0 Å². The van der Waals surface area contributed by atoms with Gasteiger partial charge in [-0.1, -0.05) is 6.07 Å². The molecule has 13 heteroatoms. The molecule has 1 aliphatic rings. The number of halogens is 7. The van der Waals surface area contributed by atoms with Crippen molar-refractivity contribution in [3.63, 3.8) is 0 Å². The molecule has 0 fully saturated rings. The summed E-state index contributed by atoms with van der Waals surface area (Å²) in [4.78, 5) is 12.1. The summed E-state index contributed by atoms with van der Waals surface area (Å²) < 4.78 is 117. The predicted molar refractivity (Wildman–Crippen MR) is 126 cm³/mol. The predicted octanol–water partition coefficient (Wildman–Crippen LogP) is 6.94. The number of hydrogen-bond acceptors (Lipinski definition) is 4. The maximum atomic E-state index is 15.5. The number of ether oxygens (including phenoxy) is 1. The van der Waals surface area contributed by atoms with Gasteiger partial charge in [0.15, 0.2) is 5.50 Å². The van der Waals surface area contributed by atoms with Gasteiger partial charge in [-0.05, 0) is 57.5 Å². The minimum atomic E-state index is -5.03. The molecule has 0 bridgehead atoms. The summed E-state index contributed by atoms with van der Waals surface area (Å²) in [5.74, 6) is -7.45. The fourth-order valence-corrected chi connectivity index (χ4v) is 5.26. The first-order valence-corrected chi connectivity index (χ1v) is 12.7. The monoisotopic (exact) mass is 569 g/mol. The van der Waals surface area contributed by atoms with Crippen molar-refractivity contribution in [1.82, 2.24) is 0 Å². The molecule has 5 nitrogen and oxygen atoms in total. The number of carboxylic acids is 1. The van der Waals surface area contributed by atoms with Crippen LogP contribution in [0.25, 0.3) is 0 Å². The summed E-state index contributed by atoms with van der Waals surface area (Å²) in [5.41, 5.74) is -5.56. The molecule has 1 aliphatic heterocycles. The molecule has 0 saturated carbocycles. The van der Waals surface area contributed by atoms with E-state index in [0.717, 1.165) is 23.1 Å². The molecule has 0 aliphatic carbocycles. The minimum Gasteiger partial charge on any atom is -0.492 e. The SMILES string of the molecule is CC(F)(F)CCC1CN(c2cccc(F)c2)c2cc(C(F)(F)F)c(OCC(C)(C)C(=O)O)cc2S(=O)C1F. The first-order chi connectivity index (χ1) is 17.4. The number of rotatable bonds is 8. The highest BCUT2D eigenvalue weighted by Crippen LogP contribution is 2.46. The van der Waals surface area contributed by atoms with E-state index in [1.807, 2.05) is 0 Å². The molecule has 38 heavy (non-hydrogen) atoms. The topological polar surface area (TPSA) is 66.8 Å². The summed E-state index contributed by atoms with van der Waals surface area (Å²) in [5, 5.41) is 9.28. The van der Waals surface area contributed by atoms with Crippen LogP contribution in [-0.4, -0.2) is 39.9 Å². The maximum Gasteiger partial charge on any atom is 0.420 e. The van der Waals surface area contributed by atoms with E-state index in [1.165, 1.54) is 26.0 Å². The largest absolute Gasteiger partial charge is 0.492 e. The Bertz CT molecular complexity index is 1210. The number of nitrogens with zero attached hydrogens (tertiary/aromatic N) is 1. The number of anilines is 2. The number of carbonyl (C=O) groups is 1. The quantitative estimate of drug-likeness (QED) is 0.349. The summed E-state index contributed by atoms with van der Waals surface area (Å²) in [6, 6.07) is 5.96. The number of fused-ring (bicyclic) bond motifs is 1. The fraction of sp³-hybridized carbons (Fsp3) is 0.480. The molecule has 0 radical (unpaired) electrons. The first kappa shape index (κ1) is 29.7. The normalized spacial score (nSPS) is 20.6. The molecule has 2 aromatic carbocycles. The number of carboxylic acid groups (broad SMARTS) is 1. The average Bonchev–Trinajstić information content (AvgIpc) is 2.89. The highest BCUT2D eigenvalue weighted by molar-refractivity contribution is 7.85. The molecule has 1 N–H and O–H groups in total. The number of alkyl halides is 6. The first-order valence-electron chi connectivity index (χ1n) is 11.5. The molecule has 0 aromatic heterocycles. The van der Waals surface area contributed by atoms with E-state index in [9.17, 15) is 40.5 Å². The van der Waals surface area contributed by atoms with Gasteiger partial charge in [-0.15, -0.1) is 0 Å². The van der Waals surface area contributed by atoms with Gasteiger partial charge < -0.3 is 14.7 Å². The summed E-state index contributed by atoms with van der Waals surface area (Å²) in [6.07, 6.45) is -6.24. The van der Waals surface area contributed by atoms with E-state index >= 15 is 4.39 Å². The third kappa shape index (κ3) is 6.78. The smallest absolute Gasteiger partial charge is 0.420 e. The second-order valence-corrected chi connectivity index (χ2v) is 11.4. The van der Waals surface area contributed by atoms with Gasteiger partial charge in [-0.25, -0.2) is 17.6 Å². The Hall–Kier alpha value is -2.83. The molecule has 0 spiro atoms. The lowest BCUT2D eigenvalue weighted by Crippen LogP contribution is -2.31. The van der Waals surface area contributed by atoms with Crippen molar-refractivity contribution in [2.24, 2.45) is 11.3 Å². The van der Waals surface area contributed by atoms with Crippen molar-refractivity contribution in [3.8, 4) is 5.75 Å². The van der Waals surface area contributed by atoms with Crippen molar-refractivity contribution in [1.29, 1.82) is 0 Å². The molecule has 0 saturated heterocycles. The lowest BCUT2D eigenvalue weighted by molar-refractivity contribution is -0.148. The lowest BCUT2D eigenvalue weighted by Gasteiger charge is -2.29. The van der Waals surface area contributed by atoms with Crippen LogP contribution in [0.5, 0.6) is 5.75 Å². The molecule has 3 atom stereocenters. The molecule has 1 heterocycles. The van der Waals surface area contributed by atoms with E-state index < -0.39 is 93.7 Å². The van der Waals surface area contributed by atoms with E-state index in [2.05, 4.69) is 0 Å². The zero-order valence-electron chi connectivity index (χ0n) is 20.6. The van der Waals surface area contributed by atoms with Crippen molar-refractivity contribution >= 4 is 28.1 Å². The molecular weight excluding hydrogens is 543 g/mol. The van der Waals surface area contributed by atoms with Gasteiger partial charge in [-0.3, -0.25) is 9.00 Å². The highest BCUT2D eigenvalue weighted by Gasteiger charge is 2.42. The highest BCUT2D eigenvalue weighted by atomic mass is 32.2. The Morgan fingerprint density at radius 2 is 1.79 bits per heavy atom. The van der Waals surface area contributed by atoms with E-state index in [-0.39, 0.29) is 11.4 Å². The van der Waals surface area contributed by atoms with Crippen LogP contribution in [0.1, 0.15) is 39.2 Å². The van der Waals surface area contributed by atoms with Crippen molar-refractivity contribution < 1.29 is 49.6 Å². The van der Waals surface area contributed by atoms with Gasteiger partial charge in [-0.2, -0.15) is 13.2 Å². The van der Waals surface area contributed by atoms with Gasteiger partial charge in [0.05, 0.1) is 32.4 Å². The Morgan fingerprint density at radius 1 is 1.13 bits per heavy atom. The van der Waals surface area contributed by atoms with Crippen LogP contribution in [0.4, 0.5) is 42.1 Å². The molecule has 3 rings (SSSR count). The molecule has 3 unspecified atom stereocenters.